The summed E-state index contributed by atoms with van der Waals surface area (Å²) in [5.74, 6) is 1.91. The topological polar surface area (TPSA) is 56.7 Å². The Morgan fingerprint density at radius 1 is 0.475 bits per heavy atom. The van der Waals surface area contributed by atoms with E-state index in [1.165, 1.54) is 27.8 Å². The zero-order valence-corrected chi connectivity index (χ0v) is 32.5. The smallest absolute Gasteiger partial charge is 0.164 e. The first-order valence-corrected chi connectivity index (χ1v) is 20.1. The number of benzene rings is 8. The van der Waals surface area contributed by atoms with E-state index in [9.17, 15) is 0 Å². The van der Waals surface area contributed by atoms with Crippen LogP contribution in [0.5, 0.6) is 0 Å². The van der Waals surface area contributed by atoms with E-state index in [0.29, 0.717) is 17.5 Å². The molecule has 0 bridgehead atoms. The van der Waals surface area contributed by atoms with Gasteiger partial charge in [-0.15, -0.1) is 0 Å². The molecule has 278 valence electrons. The third-order valence-corrected chi connectivity index (χ3v) is 12.2. The molecule has 11 aromatic rings. The summed E-state index contributed by atoms with van der Waals surface area (Å²) in [6, 6.07) is 64.0. The Labute approximate surface area is 340 Å². The summed E-state index contributed by atoms with van der Waals surface area (Å²) in [7, 11) is 0. The van der Waals surface area contributed by atoms with Gasteiger partial charge in [0.25, 0.3) is 0 Å². The Morgan fingerprint density at radius 2 is 1.07 bits per heavy atom. The van der Waals surface area contributed by atoms with E-state index in [4.69, 9.17) is 19.4 Å². The van der Waals surface area contributed by atoms with Crippen LogP contribution in [0.25, 0.3) is 106 Å². The molecule has 8 aromatic carbocycles. The van der Waals surface area contributed by atoms with Crippen molar-refractivity contribution < 1.29 is 4.42 Å². The van der Waals surface area contributed by atoms with Crippen LogP contribution in [-0.4, -0.2) is 19.5 Å². The van der Waals surface area contributed by atoms with Crippen molar-refractivity contribution in [1.29, 1.82) is 0 Å². The highest BCUT2D eigenvalue weighted by Crippen LogP contribution is 2.57. The van der Waals surface area contributed by atoms with Crippen molar-refractivity contribution in [3.8, 4) is 62.1 Å². The number of furan rings is 1. The average molecular weight is 757 g/mol. The lowest BCUT2D eigenvalue weighted by molar-refractivity contribution is 0.664. The Bertz CT molecular complexity index is 3400. The molecule has 1 aliphatic carbocycles. The lowest BCUT2D eigenvalue weighted by atomic mass is 9.80. The summed E-state index contributed by atoms with van der Waals surface area (Å²) in [4.78, 5) is 15.2. The lowest BCUT2D eigenvalue weighted by Gasteiger charge is -2.24. The summed E-state index contributed by atoms with van der Waals surface area (Å²) in [5.41, 5.74) is 15.1. The van der Waals surface area contributed by atoms with E-state index >= 15 is 0 Å². The van der Waals surface area contributed by atoms with Gasteiger partial charge < -0.3 is 8.98 Å². The van der Waals surface area contributed by atoms with Crippen molar-refractivity contribution in [2.24, 2.45) is 0 Å². The van der Waals surface area contributed by atoms with E-state index in [-0.39, 0.29) is 5.41 Å². The SMILES string of the molecule is CC1(C)c2ccccc2-c2c(-c3cccc(-c4nc(-c5ccccc5)nc(-c5ccccc5)n4)c3)cc3c4c5oc6ccccc6c5ccc4n(-c4ccccc4)c3c21. The van der Waals surface area contributed by atoms with E-state index in [2.05, 4.69) is 134 Å². The third kappa shape index (κ3) is 5.01. The number of para-hydroxylation sites is 2. The molecule has 1 aliphatic rings. The van der Waals surface area contributed by atoms with Crippen LogP contribution in [0, 0.1) is 0 Å². The van der Waals surface area contributed by atoms with Crippen LogP contribution >= 0.6 is 0 Å². The fourth-order valence-corrected chi connectivity index (χ4v) is 9.55. The number of hydrogen-bond donors (Lipinski definition) is 0. The minimum atomic E-state index is -0.310. The summed E-state index contributed by atoms with van der Waals surface area (Å²) in [5, 5.41) is 4.51. The highest BCUT2D eigenvalue weighted by atomic mass is 16.3. The molecular weight excluding hydrogens is 721 g/mol. The second-order valence-corrected chi connectivity index (χ2v) is 16.0. The minimum absolute atomic E-state index is 0.310. The minimum Gasteiger partial charge on any atom is -0.455 e. The van der Waals surface area contributed by atoms with Crippen molar-refractivity contribution in [3.63, 3.8) is 0 Å². The molecule has 0 radical (unpaired) electrons. The van der Waals surface area contributed by atoms with Gasteiger partial charge in [-0.1, -0.05) is 153 Å². The molecule has 5 heteroatoms. The van der Waals surface area contributed by atoms with Crippen LogP contribution in [0.3, 0.4) is 0 Å². The normalized spacial score (nSPS) is 13.1. The van der Waals surface area contributed by atoms with Gasteiger partial charge in [-0.25, -0.2) is 15.0 Å². The quantitative estimate of drug-likeness (QED) is 0.175. The molecule has 0 saturated carbocycles. The van der Waals surface area contributed by atoms with Crippen LogP contribution < -0.4 is 0 Å². The molecule has 12 rings (SSSR count). The van der Waals surface area contributed by atoms with Crippen LogP contribution in [0.4, 0.5) is 0 Å². The van der Waals surface area contributed by atoms with E-state index in [1.807, 2.05) is 66.7 Å². The predicted octanol–water partition coefficient (Wildman–Crippen LogP) is 13.8. The molecule has 0 aliphatic heterocycles. The van der Waals surface area contributed by atoms with Crippen molar-refractivity contribution in [3.05, 3.63) is 193 Å². The molecule has 0 unspecified atom stereocenters. The maximum atomic E-state index is 6.84. The number of hydrogen-bond acceptors (Lipinski definition) is 4. The second-order valence-electron chi connectivity index (χ2n) is 16.0. The van der Waals surface area contributed by atoms with E-state index in [1.54, 1.807) is 0 Å². The fraction of sp³-hybridized carbons (Fsp3) is 0.0556. The molecule has 0 spiro atoms. The van der Waals surface area contributed by atoms with Gasteiger partial charge >= 0.3 is 0 Å². The maximum Gasteiger partial charge on any atom is 0.164 e. The van der Waals surface area contributed by atoms with Crippen molar-refractivity contribution >= 4 is 43.7 Å². The fourth-order valence-electron chi connectivity index (χ4n) is 9.55. The zero-order valence-electron chi connectivity index (χ0n) is 32.5. The molecule has 0 amide bonds. The molecule has 0 saturated heterocycles. The lowest BCUT2D eigenvalue weighted by Crippen LogP contribution is -2.16. The van der Waals surface area contributed by atoms with Gasteiger partial charge in [0, 0.05) is 44.0 Å². The van der Waals surface area contributed by atoms with Gasteiger partial charge in [0.2, 0.25) is 0 Å². The van der Waals surface area contributed by atoms with Gasteiger partial charge in [0.15, 0.2) is 17.5 Å². The van der Waals surface area contributed by atoms with Gasteiger partial charge in [-0.2, -0.15) is 0 Å². The van der Waals surface area contributed by atoms with Crippen LogP contribution in [0.15, 0.2) is 186 Å². The first kappa shape index (κ1) is 33.5. The number of nitrogens with zero attached hydrogens (tertiary/aromatic N) is 4. The van der Waals surface area contributed by atoms with E-state index in [0.717, 1.165) is 71.7 Å². The van der Waals surface area contributed by atoms with Gasteiger partial charge in [0.05, 0.1) is 16.4 Å². The Hall–Kier alpha value is -7.63. The largest absolute Gasteiger partial charge is 0.455 e. The molecule has 0 fully saturated rings. The second kappa shape index (κ2) is 12.7. The first-order chi connectivity index (χ1) is 29.0. The monoisotopic (exact) mass is 756 g/mol. The van der Waals surface area contributed by atoms with Crippen molar-refractivity contribution in [1.82, 2.24) is 19.5 Å². The van der Waals surface area contributed by atoms with Gasteiger partial charge in [-0.3, -0.25) is 0 Å². The molecule has 0 atom stereocenters. The van der Waals surface area contributed by atoms with Crippen LogP contribution in [0.1, 0.15) is 25.0 Å². The summed E-state index contributed by atoms with van der Waals surface area (Å²) in [6.45, 7) is 4.75. The number of aromatic nitrogens is 4. The Morgan fingerprint density at radius 3 is 1.80 bits per heavy atom. The molecule has 59 heavy (non-hydrogen) atoms. The number of rotatable bonds is 5. The summed E-state index contributed by atoms with van der Waals surface area (Å²) in [6.07, 6.45) is 0. The highest BCUT2D eigenvalue weighted by molar-refractivity contribution is 6.26. The Balaban J connectivity index is 1.18. The summed E-state index contributed by atoms with van der Waals surface area (Å²) >= 11 is 0. The predicted molar refractivity (Wildman–Crippen MR) is 241 cm³/mol. The first-order valence-electron chi connectivity index (χ1n) is 20.1. The summed E-state index contributed by atoms with van der Waals surface area (Å²) < 4.78 is 9.30. The van der Waals surface area contributed by atoms with Gasteiger partial charge in [0.1, 0.15) is 11.2 Å². The van der Waals surface area contributed by atoms with E-state index < -0.39 is 0 Å². The van der Waals surface area contributed by atoms with Gasteiger partial charge in [-0.05, 0) is 75.8 Å². The van der Waals surface area contributed by atoms with Crippen molar-refractivity contribution in [2.45, 2.75) is 19.3 Å². The highest BCUT2D eigenvalue weighted by Gasteiger charge is 2.40. The van der Waals surface area contributed by atoms with Crippen LogP contribution in [-0.2, 0) is 5.41 Å². The average Bonchev–Trinajstić information content (AvgIpc) is 3.92. The third-order valence-electron chi connectivity index (χ3n) is 12.2. The maximum absolute atomic E-state index is 6.84. The molecule has 3 heterocycles. The Kier molecular flexibility index (Phi) is 7.20. The number of fused-ring (bicyclic) bond motifs is 11. The van der Waals surface area contributed by atoms with Crippen LogP contribution in [0.2, 0.25) is 0 Å². The molecular formula is C54H36N4O. The zero-order chi connectivity index (χ0) is 39.2. The molecule has 0 N–H and O–H groups in total. The molecule has 3 aromatic heterocycles. The van der Waals surface area contributed by atoms with Crippen molar-refractivity contribution in [2.75, 3.05) is 0 Å². The molecule has 5 nitrogen and oxygen atoms in total. The standard InChI is InChI=1S/C54H36N4O/c1-54(2)43-27-14-12-26-40(43)46-41(35-21-16-22-36(31-35)53-56-51(33-17-6-3-7-18-33)55-52(57-53)34-19-8-4-9-20-34)32-42-47-44(58(49(42)48(46)54)37-23-10-5-11-24-37)30-29-39-38-25-13-15-28-45(38)59-50(39)47/h3-32H,1-2H3.